The summed E-state index contributed by atoms with van der Waals surface area (Å²) in [7, 11) is 0. The number of hydrogen-bond acceptors (Lipinski definition) is 3. The van der Waals surface area contributed by atoms with E-state index in [1.807, 2.05) is 35.1 Å². The number of hydrogen-bond donors (Lipinski definition) is 0. The van der Waals surface area contributed by atoms with E-state index < -0.39 is 0 Å². The molecule has 0 saturated carbocycles. The van der Waals surface area contributed by atoms with E-state index in [4.69, 9.17) is 23.2 Å². The van der Waals surface area contributed by atoms with Crippen LogP contribution < -0.4 is 4.90 Å². The number of imidazole rings is 1. The molecule has 1 aliphatic rings. The molecule has 1 saturated heterocycles. The van der Waals surface area contributed by atoms with E-state index in [0.717, 1.165) is 35.7 Å². The summed E-state index contributed by atoms with van der Waals surface area (Å²) >= 11 is 12.1. The first-order chi connectivity index (χ1) is 10.2. The summed E-state index contributed by atoms with van der Waals surface area (Å²) in [5, 5.41) is 5.50. The van der Waals surface area contributed by atoms with Gasteiger partial charge in [0, 0.05) is 18.7 Å². The van der Waals surface area contributed by atoms with Crippen LogP contribution in [0.2, 0.25) is 10.0 Å². The highest BCUT2D eigenvalue weighted by atomic mass is 35.5. The molecule has 6 heteroatoms. The van der Waals surface area contributed by atoms with Crippen LogP contribution in [0.25, 0.3) is 16.9 Å². The number of fused-ring (bicyclic) bond motifs is 1. The summed E-state index contributed by atoms with van der Waals surface area (Å²) in [6.45, 7) is 2.16. The Balaban J connectivity index is 1.88. The third kappa shape index (κ3) is 2.06. The molecule has 1 aromatic carbocycles. The zero-order valence-corrected chi connectivity index (χ0v) is 12.6. The summed E-state index contributed by atoms with van der Waals surface area (Å²) in [5.41, 5.74) is 3.86. The quantitative estimate of drug-likeness (QED) is 0.718. The lowest BCUT2D eigenvalue weighted by atomic mass is 10.2. The van der Waals surface area contributed by atoms with Crippen LogP contribution in [0.4, 0.5) is 5.69 Å². The van der Waals surface area contributed by atoms with Crippen molar-refractivity contribution in [2.24, 2.45) is 0 Å². The van der Waals surface area contributed by atoms with Crippen molar-refractivity contribution in [2.75, 3.05) is 18.0 Å². The Bertz CT molecular complexity index is 824. The van der Waals surface area contributed by atoms with Gasteiger partial charge in [0.2, 0.25) is 0 Å². The average Bonchev–Trinajstić information content (AvgIpc) is 2.85. The van der Waals surface area contributed by atoms with Crippen molar-refractivity contribution in [2.45, 2.75) is 6.42 Å². The standard InChI is InChI=1S/C15H12Cl2N4/c16-11-3-2-10(8-12(11)17)14-9-18-15-13(20-6-1-7-20)4-5-19-21(14)15/h2-5,8-9H,1,6-7H2. The van der Waals surface area contributed by atoms with Crippen LogP contribution in [-0.2, 0) is 0 Å². The van der Waals surface area contributed by atoms with Crippen LogP contribution in [0.15, 0.2) is 36.7 Å². The van der Waals surface area contributed by atoms with Crippen LogP contribution in [0, 0.1) is 0 Å². The predicted molar refractivity (Wildman–Crippen MR) is 85.3 cm³/mol. The molecule has 1 fully saturated rings. The second-order valence-corrected chi connectivity index (χ2v) is 5.88. The molecule has 0 bridgehead atoms. The van der Waals surface area contributed by atoms with Crippen molar-refractivity contribution in [1.29, 1.82) is 0 Å². The normalized spacial score (nSPS) is 14.5. The van der Waals surface area contributed by atoms with E-state index in [1.165, 1.54) is 6.42 Å². The molecule has 0 atom stereocenters. The van der Waals surface area contributed by atoms with Gasteiger partial charge in [0.1, 0.15) is 0 Å². The molecule has 3 heterocycles. The molecular weight excluding hydrogens is 307 g/mol. The summed E-state index contributed by atoms with van der Waals surface area (Å²) in [5.74, 6) is 0. The minimum Gasteiger partial charge on any atom is -0.368 e. The van der Waals surface area contributed by atoms with Crippen LogP contribution >= 0.6 is 23.2 Å². The van der Waals surface area contributed by atoms with Gasteiger partial charge in [-0.05, 0) is 24.6 Å². The maximum atomic E-state index is 6.10. The monoisotopic (exact) mass is 318 g/mol. The van der Waals surface area contributed by atoms with Crippen molar-refractivity contribution in [1.82, 2.24) is 14.6 Å². The molecular formula is C15H12Cl2N4. The van der Waals surface area contributed by atoms with Crippen molar-refractivity contribution >= 4 is 34.5 Å². The zero-order chi connectivity index (χ0) is 14.4. The van der Waals surface area contributed by atoms with Gasteiger partial charge < -0.3 is 4.90 Å². The molecule has 4 nitrogen and oxygen atoms in total. The molecule has 3 aromatic rings. The van der Waals surface area contributed by atoms with Crippen molar-refractivity contribution in [3.8, 4) is 11.3 Å². The van der Waals surface area contributed by atoms with Crippen molar-refractivity contribution in [3.05, 3.63) is 46.7 Å². The topological polar surface area (TPSA) is 33.4 Å². The highest BCUT2D eigenvalue weighted by Crippen LogP contribution is 2.31. The van der Waals surface area contributed by atoms with Gasteiger partial charge in [0.25, 0.3) is 0 Å². The van der Waals surface area contributed by atoms with E-state index in [1.54, 1.807) is 6.07 Å². The van der Waals surface area contributed by atoms with Gasteiger partial charge in [-0.15, -0.1) is 0 Å². The Morgan fingerprint density at radius 2 is 1.90 bits per heavy atom. The van der Waals surface area contributed by atoms with E-state index >= 15 is 0 Å². The second-order valence-electron chi connectivity index (χ2n) is 5.06. The first-order valence-corrected chi connectivity index (χ1v) is 7.53. The molecule has 0 aliphatic carbocycles. The van der Waals surface area contributed by atoms with Crippen LogP contribution in [0.3, 0.4) is 0 Å². The molecule has 1 aliphatic heterocycles. The van der Waals surface area contributed by atoms with Gasteiger partial charge in [-0.1, -0.05) is 29.3 Å². The van der Waals surface area contributed by atoms with Crippen LogP contribution in [0.5, 0.6) is 0 Å². The van der Waals surface area contributed by atoms with Crippen molar-refractivity contribution < 1.29 is 0 Å². The second kappa shape index (κ2) is 4.90. The number of halogens is 2. The number of aromatic nitrogens is 3. The van der Waals surface area contributed by atoms with Gasteiger partial charge in [-0.3, -0.25) is 0 Å². The number of rotatable bonds is 2. The lowest BCUT2D eigenvalue weighted by Gasteiger charge is -2.32. The van der Waals surface area contributed by atoms with Gasteiger partial charge in [0.05, 0.1) is 33.8 Å². The minimum atomic E-state index is 0.531. The first kappa shape index (κ1) is 12.9. The molecule has 0 unspecified atom stereocenters. The Labute approximate surface area is 131 Å². The molecule has 21 heavy (non-hydrogen) atoms. The molecule has 2 aromatic heterocycles. The third-order valence-corrected chi connectivity index (χ3v) is 4.53. The fourth-order valence-corrected chi connectivity index (χ4v) is 2.84. The van der Waals surface area contributed by atoms with Crippen molar-refractivity contribution in [3.63, 3.8) is 0 Å². The third-order valence-electron chi connectivity index (χ3n) is 3.79. The zero-order valence-electron chi connectivity index (χ0n) is 11.1. The maximum absolute atomic E-state index is 6.10. The highest BCUT2D eigenvalue weighted by Gasteiger charge is 2.19. The molecule has 0 radical (unpaired) electrons. The van der Waals surface area contributed by atoms with Crippen LogP contribution in [0.1, 0.15) is 6.42 Å². The summed E-state index contributed by atoms with van der Waals surface area (Å²) < 4.78 is 1.85. The van der Waals surface area contributed by atoms with Gasteiger partial charge in [-0.2, -0.15) is 5.10 Å². The first-order valence-electron chi connectivity index (χ1n) is 6.77. The fourth-order valence-electron chi connectivity index (χ4n) is 2.54. The number of benzene rings is 1. The summed E-state index contributed by atoms with van der Waals surface area (Å²) in [4.78, 5) is 6.84. The Hall–Kier alpha value is -1.78. The summed E-state index contributed by atoms with van der Waals surface area (Å²) in [6.07, 6.45) is 4.86. The molecule has 0 amide bonds. The van der Waals surface area contributed by atoms with E-state index in [0.29, 0.717) is 10.0 Å². The van der Waals surface area contributed by atoms with Gasteiger partial charge in [0.15, 0.2) is 5.65 Å². The molecule has 106 valence electrons. The maximum Gasteiger partial charge on any atom is 0.177 e. The van der Waals surface area contributed by atoms with E-state index in [-0.39, 0.29) is 0 Å². The lowest BCUT2D eigenvalue weighted by Crippen LogP contribution is -2.37. The SMILES string of the molecule is Clc1ccc(-c2cnc3c(N4CCC4)ccnn23)cc1Cl. The summed E-state index contributed by atoms with van der Waals surface area (Å²) in [6, 6.07) is 7.57. The fraction of sp³-hybridized carbons (Fsp3) is 0.200. The largest absolute Gasteiger partial charge is 0.368 e. The molecule has 0 N–H and O–H groups in total. The van der Waals surface area contributed by atoms with E-state index in [2.05, 4.69) is 15.0 Å². The van der Waals surface area contributed by atoms with Gasteiger partial charge in [-0.25, -0.2) is 9.50 Å². The molecule has 4 rings (SSSR count). The Kier molecular flexibility index (Phi) is 3.01. The minimum absolute atomic E-state index is 0.531. The highest BCUT2D eigenvalue weighted by molar-refractivity contribution is 6.42. The Morgan fingerprint density at radius 1 is 1.05 bits per heavy atom. The van der Waals surface area contributed by atoms with E-state index in [9.17, 15) is 0 Å². The molecule has 0 spiro atoms. The predicted octanol–water partition coefficient (Wildman–Crippen LogP) is 3.91. The van der Waals surface area contributed by atoms with Crippen LogP contribution in [-0.4, -0.2) is 27.7 Å². The average molecular weight is 319 g/mol. The lowest BCUT2D eigenvalue weighted by molar-refractivity contribution is 0.617. The number of nitrogens with zero attached hydrogens (tertiary/aromatic N) is 4. The van der Waals surface area contributed by atoms with Gasteiger partial charge >= 0.3 is 0 Å². The number of anilines is 1. The Morgan fingerprint density at radius 3 is 2.62 bits per heavy atom. The smallest absolute Gasteiger partial charge is 0.177 e.